The highest BCUT2D eigenvalue weighted by Gasteiger charge is 2.35. The van der Waals surface area contributed by atoms with Gasteiger partial charge < -0.3 is 25.4 Å². The summed E-state index contributed by atoms with van der Waals surface area (Å²) >= 11 is 0. The molecule has 3 N–H and O–H groups in total. The lowest BCUT2D eigenvalue weighted by Crippen LogP contribution is -2.42. The first-order valence-corrected chi connectivity index (χ1v) is 12.6. The van der Waals surface area contributed by atoms with E-state index in [1.807, 2.05) is 0 Å². The lowest BCUT2D eigenvalue weighted by molar-refractivity contribution is 0.0659. The number of methoxy groups -OCH3 is 2. The standard InChI is InChI=1S/C27H30F3N5O3.ClH/c1-37-23-6-4-16(12-24(23)38-2)20-13-22(26(29)30)35-25(33-20)14-21(34-35)15-3-5-18(19(28)11-15)27(36)32-17-7-9-31-10-8-17;/h3-6,11-12,14,17,20,22,26,31,33H,7-10,13H2,1-2H3,(H,32,36);1H. The van der Waals surface area contributed by atoms with Gasteiger partial charge in [-0.25, -0.2) is 17.9 Å². The molecule has 1 amide bonds. The van der Waals surface area contributed by atoms with Crippen LogP contribution in [-0.4, -0.2) is 55.5 Å². The van der Waals surface area contributed by atoms with Crippen molar-refractivity contribution >= 4 is 24.1 Å². The van der Waals surface area contributed by atoms with Crippen LogP contribution in [0, 0.1) is 5.82 Å². The monoisotopic (exact) mass is 565 g/mol. The number of halogens is 4. The Hall–Kier alpha value is -3.44. The summed E-state index contributed by atoms with van der Waals surface area (Å²) in [6.07, 6.45) is -1.00. The predicted molar refractivity (Wildman–Crippen MR) is 144 cm³/mol. The molecular formula is C27H31ClF3N5O3. The van der Waals surface area contributed by atoms with Crippen molar-refractivity contribution < 1.29 is 27.4 Å². The molecule has 39 heavy (non-hydrogen) atoms. The number of piperidine rings is 1. The third kappa shape index (κ3) is 5.94. The fourth-order valence-electron chi connectivity index (χ4n) is 5.06. The van der Waals surface area contributed by atoms with Gasteiger partial charge in [0.2, 0.25) is 0 Å². The van der Waals surface area contributed by atoms with Crippen LogP contribution >= 0.6 is 12.4 Å². The van der Waals surface area contributed by atoms with E-state index in [2.05, 4.69) is 21.0 Å². The largest absolute Gasteiger partial charge is 0.493 e. The van der Waals surface area contributed by atoms with Crippen molar-refractivity contribution in [2.45, 2.75) is 43.8 Å². The molecular weight excluding hydrogens is 535 g/mol. The predicted octanol–water partition coefficient (Wildman–Crippen LogP) is 4.97. The Balaban J connectivity index is 0.00000353. The molecule has 0 aliphatic carbocycles. The van der Waals surface area contributed by atoms with E-state index in [1.54, 1.807) is 30.3 Å². The zero-order valence-corrected chi connectivity index (χ0v) is 22.4. The van der Waals surface area contributed by atoms with Crippen LogP contribution in [0.3, 0.4) is 0 Å². The summed E-state index contributed by atoms with van der Waals surface area (Å²) in [7, 11) is 3.04. The molecule has 0 radical (unpaired) electrons. The lowest BCUT2D eigenvalue weighted by atomic mass is 9.97. The number of carbonyl (C=O) groups is 1. The molecule has 12 heteroatoms. The average molecular weight is 566 g/mol. The maximum atomic E-state index is 15.0. The summed E-state index contributed by atoms with van der Waals surface area (Å²) in [4.78, 5) is 12.6. The van der Waals surface area contributed by atoms with Crippen molar-refractivity contribution in [3.05, 3.63) is 59.4 Å². The Kier molecular flexibility index (Phi) is 8.91. The van der Waals surface area contributed by atoms with Gasteiger partial charge in [-0.05, 0) is 62.2 Å². The van der Waals surface area contributed by atoms with E-state index in [4.69, 9.17) is 9.47 Å². The number of ether oxygens (including phenoxy) is 2. The zero-order valence-electron chi connectivity index (χ0n) is 21.5. The van der Waals surface area contributed by atoms with E-state index in [1.165, 1.54) is 31.0 Å². The molecule has 2 aromatic carbocycles. The maximum absolute atomic E-state index is 15.0. The van der Waals surface area contributed by atoms with Gasteiger partial charge in [-0.3, -0.25) is 4.79 Å². The molecule has 0 saturated carbocycles. The average Bonchev–Trinajstić information content (AvgIpc) is 3.36. The number of hydrogen-bond acceptors (Lipinski definition) is 6. The van der Waals surface area contributed by atoms with Crippen molar-refractivity contribution in [1.29, 1.82) is 0 Å². The fourth-order valence-corrected chi connectivity index (χ4v) is 5.06. The van der Waals surface area contributed by atoms with Crippen molar-refractivity contribution in [3.63, 3.8) is 0 Å². The van der Waals surface area contributed by atoms with Gasteiger partial charge in [-0.1, -0.05) is 12.1 Å². The number of anilines is 1. The second kappa shape index (κ2) is 12.2. The van der Waals surface area contributed by atoms with Gasteiger partial charge in [-0.2, -0.15) is 5.10 Å². The minimum atomic E-state index is -2.66. The van der Waals surface area contributed by atoms with Gasteiger partial charge in [0.1, 0.15) is 17.7 Å². The van der Waals surface area contributed by atoms with Crippen LogP contribution in [0.25, 0.3) is 11.3 Å². The van der Waals surface area contributed by atoms with Gasteiger partial charge in [0.05, 0.1) is 31.5 Å². The highest BCUT2D eigenvalue weighted by Crippen LogP contribution is 2.41. The number of nitrogens with one attached hydrogen (secondary N) is 3. The number of aromatic nitrogens is 2. The molecule has 0 bridgehead atoms. The number of benzene rings is 2. The molecule has 2 aliphatic heterocycles. The minimum Gasteiger partial charge on any atom is -0.493 e. The molecule has 1 aromatic heterocycles. The third-order valence-corrected chi connectivity index (χ3v) is 7.13. The van der Waals surface area contributed by atoms with Gasteiger partial charge >= 0.3 is 0 Å². The molecule has 5 rings (SSSR count). The molecule has 3 aromatic rings. The summed E-state index contributed by atoms with van der Waals surface area (Å²) in [5.74, 6) is 0.271. The first-order valence-electron chi connectivity index (χ1n) is 12.6. The molecule has 2 unspecified atom stereocenters. The fraction of sp³-hybridized carbons (Fsp3) is 0.407. The van der Waals surface area contributed by atoms with Crippen molar-refractivity contribution in [1.82, 2.24) is 20.4 Å². The molecule has 8 nitrogen and oxygen atoms in total. The van der Waals surface area contributed by atoms with Gasteiger partial charge in [-0.15, -0.1) is 12.4 Å². The van der Waals surface area contributed by atoms with Crippen LogP contribution in [0.15, 0.2) is 42.5 Å². The topological polar surface area (TPSA) is 89.4 Å². The van der Waals surface area contributed by atoms with E-state index in [9.17, 15) is 18.0 Å². The number of amides is 1. The number of nitrogens with zero attached hydrogens (tertiary/aromatic N) is 2. The Bertz CT molecular complexity index is 1320. The summed E-state index contributed by atoms with van der Waals surface area (Å²) in [6.45, 7) is 1.61. The van der Waals surface area contributed by atoms with Gasteiger partial charge in [0.15, 0.2) is 11.5 Å². The van der Waals surface area contributed by atoms with E-state index >= 15 is 0 Å². The number of alkyl halides is 2. The van der Waals surface area contributed by atoms with Crippen LogP contribution in [-0.2, 0) is 0 Å². The number of carbonyl (C=O) groups excluding carboxylic acids is 1. The first-order chi connectivity index (χ1) is 18.4. The summed E-state index contributed by atoms with van der Waals surface area (Å²) in [5, 5.41) is 13.8. The lowest BCUT2D eigenvalue weighted by Gasteiger charge is -2.32. The van der Waals surface area contributed by atoms with Crippen LogP contribution in [0.2, 0.25) is 0 Å². The zero-order chi connectivity index (χ0) is 26.8. The molecule has 2 atom stereocenters. The normalized spacial score (nSPS) is 19.0. The molecule has 0 spiro atoms. The Morgan fingerprint density at radius 2 is 1.82 bits per heavy atom. The quantitative estimate of drug-likeness (QED) is 0.375. The van der Waals surface area contributed by atoms with Crippen molar-refractivity contribution in [2.75, 3.05) is 32.6 Å². The van der Waals surface area contributed by atoms with E-state index in [0.29, 0.717) is 28.6 Å². The second-order valence-corrected chi connectivity index (χ2v) is 9.50. The Labute approximate surface area is 230 Å². The van der Waals surface area contributed by atoms with Crippen LogP contribution < -0.4 is 25.4 Å². The summed E-state index contributed by atoms with van der Waals surface area (Å²) < 4.78 is 55.1. The van der Waals surface area contributed by atoms with E-state index in [-0.39, 0.29) is 30.4 Å². The molecule has 3 heterocycles. The first kappa shape index (κ1) is 28.6. The minimum absolute atomic E-state index is 0. The molecule has 2 aliphatic rings. The smallest absolute Gasteiger partial charge is 0.260 e. The number of fused-ring (bicyclic) bond motifs is 1. The number of hydrogen-bond donors (Lipinski definition) is 3. The van der Waals surface area contributed by atoms with Crippen molar-refractivity contribution in [3.8, 4) is 22.8 Å². The highest BCUT2D eigenvalue weighted by molar-refractivity contribution is 5.95. The second-order valence-electron chi connectivity index (χ2n) is 9.50. The molecule has 210 valence electrons. The maximum Gasteiger partial charge on any atom is 0.260 e. The third-order valence-electron chi connectivity index (χ3n) is 7.13. The summed E-state index contributed by atoms with van der Waals surface area (Å²) in [5.41, 5.74) is 1.42. The number of rotatable bonds is 7. The van der Waals surface area contributed by atoms with Gasteiger partial charge in [0.25, 0.3) is 12.3 Å². The Morgan fingerprint density at radius 1 is 1.08 bits per heavy atom. The van der Waals surface area contributed by atoms with Gasteiger partial charge in [0, 0.05) is 17.7 Å². The summed E-state index contributed by atoms with van der Waals surface area (Å²) in [6, 6.07) is 9.51. The van der Waals surface area contributed by atoms with E-state index < -0.39 is 30.2 Å². The van der Waals surface area contributed by atoms with Crippen LogP contribution in [0.1, 0.15) is 47.3 Å². The Morgan fingerprint density at radius 3 is 2.49 bits per heavy atom. The molecule has 1 fully saturated rings. The van der Waals surface area contributed by atoms with E-state index in [0.717, 1.165) is 31.5 Å². The van der Waals surface area contributed by atoms with Crippen molar-refractivity contribution in [2.24, 2.45) is 0 Å². The molecule has 1 saturated heterocycles. The SMILES string of the molecule is COc1ccc(C2CC(C(F)F)n3nc(-c4ccc(C(=O)NC5CCNCC5)c(F)c4)cc3N2)cc1OC.Cl. The van der Waals surface area contributed by atoms with Crippen LogP contribution in [0.5, 0.6) is 11.5 Å². The van der Waals surface area contributed by atoms with Crippen LogP contribution in [0.4, 0.5) is 19.0 Å². The highest BCUT2D eigenvalue weighted by atomic mass is 35.5.